The molecule has 0 saturated carbocycles. The van der Waals surface area contributed by atoms with Gasteiger partial charge in [-0.2, -0.15) is 4.72 Å². The lowest BCUT2D eigenvalue weighted by molar-refractivity contribution is -0.143. The van der Waals surface area contributed by atoms with Gasteiger partial charge in [0.05, 0.1) is 12.0 Å². The van der Waals surface area contributed by atoms with Crippen LogP contribution in [0.2, 0.25) is 0 Å². The van der Waals surface area contributed by atoms with Gasteiger partial charge in [0.2, 0.25) is 10.0 Å². The van der Waals surface area contributed by atoms with Crippen molar-refractivity contribution in [2.45, 2.75) is 31.2 Å². The molecule has 0 aliphatic carbocycles. The first kappa shape index (κ1) is 17.1. The Hall–Kier alpha value is -0.920. The summed E-state index contributed by atoms with van der Waals surface area (Å²) in [6, 6.07) is 5.31. The summed E-state index contributed by atoms with van der Waals surface area (Å²) >= 11 is 3.24. The number of hydrogen-bond donors (Lipinski definition) is 1. The van der Waals surface area contributed by atoms with E-state index in [4.69, 9.17) is 0 Å². The molecular weight excluding hydrogens is 346 g/mol. The lowest BCUT2D eigenvalue weighted by Crippen LogP contribution is -2.45. The van der Waals surface area contributed by atoms with E-state index >= 15 is 0 Å². The lowest BCUT2D eigenvalue weighted by atomic mass is 10.0. The third-order valence-electron chi connectivity index (χ3n) is 3.07. The Morgan fingerprint density at radius 1 is 1.35 bits per heavy atom. The van der Waals surface area contributed by atoms with Crippen LogP contribution in [0.5, 0.6) is 0 Å². The summed E-state index contributed by atoms with van der Waals surface area (Å²) in [5.74, 6) is -0.743. The van der Waals surface area contributed by atoms with E-state index in [1.165, 1.54) is 19.2 Å². The van der Waals surface area contributed by atoms with Crippen LogP contribution in [-0.4, -0.2) is 27.5 Å². The average molecular weight is 364 g/mol. The molecule has 1 aromatic carbocycles. The molecule has 0 heterocycles. The molecule has 5 nitrogen and oxygen atoms in total. The molecule has 0 radical (unpaired) electrons. The quantitative estimate of drug-likeness (QED) is 0.787. The average Bonchev–Trinajstić information content (AvgIpc) is 2.43. The monoisotopic (exact) mass is 363 g/mol. The first-order valence-corrected chi connectivity index (χ1v) is 8.45. The lowest BCUT2D eigenvalue weighted by Gasteiger charge is -2.21. The van der Waals surface area contributed by atoms with Crippen LogP contribution in [0, 0.1) is 5.92 Å². The van der Waals surface area contributed by atoms with Crippen LogP contribution in [0.15, 0.2) is 33.6 Å². The number of methoxy groups -OCH3 is 1. The van der Waals surface area contributed by atoms with Crippen LogP contribution in [0.4, 0.5) is 0 Å². The topological polar surface area (TPSA) is 72.5 Å². The third kappa shape index (κ3) is 4.29. The highest BCUT2D eigenvalue weighted by atomic mass is 79.9. The van der Waals surface area contributed by atoms with Crippen LogP contribution >= 0.6 is 15.9 Å². The van der Waals surface area contributed by atoms with E-state index in [1.807, 2.05) is 6.92 Å². The second-order valence-corrected chi connectivity index (χ2v) is 7.09. The number of carbonyl (C=O) groups is 1. The molecule has 0 fully saturated rings. The first-order valence-electron chi connectivity index (χ1n) is 6.17. The fourth-order valence-electron chi connectivity index (χ4n) is 1.61. The highest BCUT2D eigenvalue weighted by molar-refractivity contribution is 9.10. The minimum Gasteiger partial charge on any atom is -0.468 e. The molecule has 112 valence electrons. The van der Waals surface area contributed by atoms with Crippen molar-refractivity contribution in [2.24, 2.45) is 5.92 Å². The molecule has 0 aliphatic rings. The molecule has 0 bridgehead atoms. The van der Waals surface area contributed by atoms with E-state index in [0.717, 1.165) is 4.47 Å². The van der Waals surface area contributed by atoms with Crippen molar-refractivity contribution < 1.29 is 17.9 Å². The Labute approximate surface area is 127 Å². The van der Waals surface area contributed by atoms with Crippen molar-refractivity contribution in [3.8, 4) is 0 Å². The normalized spacial score (nSPS) is 14.6. The molecule has 7 heteroatoms. The number of carbonyl (C=O) groups excluding carboxylic acids is 1. The van der Waals surface area contributed by atoms with Crippen LogP contribution in [0.1, 0.15) is 20.3 Å². The summed E-state index contributed by atoms with van der Waals surface area (Å²) < 4.78 is 32.4. The molecule has 0 aromatic heterocycles. The Bertz CT molecular complexity index is 556. The van der Waals surface area contributed by atoms with Gasteiger partial charge in [0.1, 0.15) is 6.04 Å². The number of nitrogens with one attached hydrogen (secondary N) is 1. The van der Waals surface area contributed by atoms with Gasteiger partial charge < -0.3 is 4.74 Å². The van der Waals surface area contributed by atoms with Gasteiger partial charge in [-0.05, 0) is 30.2 Å². The maximum atomic E-state index is 12.3. The summed E-state index contributed by atoms with van der Waals surface area (Å²) in [6.45, 7) is 3.68. The van der Waals surface area contributed by atoms with Crippen molar-refractivity contribution in [3.63, 3.8) is 0 Å². The number of ether oxygens (including phenoxy) is 1. The van der Waals surface area contributed by atoms with Gasteiger partial charge in [0.15, 0.2) is 0 Å². The number of hydrogen-bond acceptors (Lipinski definition) is 4. The highest BCUT2D eigenvalue weighted by Gasteiger charge is 2.30. The summed E-state index contributed by atoms with van der Waals surface area (Å²) in [6.07, 6.45) is 0.655. The Balaban J connectivity index is 3.02. The van der Waals surface area contributed by atoms with E-state index in [1.54, 1.807) is 19.1 Å². The molecule has 0 saturated heterocycles. The van der Waals surface area contributed by atoms with E-state index in [2.05, 4.69) is 25.4 Å². The molecule has 2 atom stereocenters. The van der Waals surface area contributed by atoms with Crippen molar-refractivity contribution in [1.82, 2.24) is 4.72 Å². The first-order chi connectivity index (χ1) is 9.31. The molecule has 1 rings (SSSR count). The van der Waals surface area contributed by atoms with Gasteiger partial charge in [-0.25, -0.2) is 8.42 Å². The molecule has 1 aromatic rings. The van der Waals surface area contributed by atoms with Gasteiger partial charge in [0, 0.05) is 4.47 Å². The molecule has 0 spiro atoms. The number of sulfonamides is 1. The minimum atomic E-state index is -3.76. The van der Waals surface area contributed by atoms with Crippen molar-refractivity contribution in [3.05, 3.63) is 28.7 Å². The SMILES string of the molecule is CC[C@H](C)[C@@H](NS(=O)(=O)c1ccc(Br)cc1)C(=O)OC. The molecule has 0 unspecified atom stereocenters. The number of halogens is 1. The standard InChI is InChI=1S/C13H18BrNO4S/c1-4-9(2)12(13(16)19-3)15-20(17,18)11-7-5-10(14)6-8-11/h5-9,12,15H,4H2,1-3H3/t9-,12+/m0/s1. The minimum absolute atomic E-state index is 0.109. The summed E-state index contributed by atoms with van der Waals surface area (Å²) in [7, 11) is -2.52. The molecular formula is C13H18BrNO4S. The molecule has 0 amide bonds. The van der Waals surface area contributed by atoms with Gasteiger partial charge in [0.25, 0.3) is 0 Å². The van der Waals surface area contributed by atoms with Crippen molar-refractivity contribution in [2.75, 3.05) is 7.11 Å². The van der Waals surface area contributed by atoms with Gasteiger partial charge in [-0.1, -0.05) is 36.2 Å². The van der Waals surface area contributed by atoms with Crippen LogP contribution in [0.3, 0.4) is 0 Å². The van der Waals surface area contributed by atoms with Crippen LogP contribution in [0.25, 0.3) is 0 Å². The predicted molar refractivity (Wildman–Crippen MR) is 79.7 cm³/mol. The van der Waals surface area contributed by atoms with E-state index in [-0.39, 0.29) is 10.8 Å². The zero-order valence-corrected chi connectivity index (χ0v) is 14.0. The van der Waals surface area contributed by atoms with Crippen LogP contribution in [-0.2, 0) is 19.6 Å². The van der Waals surface area contributed by atoms with Crippen molar-refractivity contribution in [1.29, 1.82) is 0 Å². The van der Waals surface area contributed by atoms with E-state index in [9.17, 15) is 13.2 Å². The second kappa shape index (κ2) is 7.19. The Kier molecular flexibility index (Phi) is 6.16. The zero-order valence-electron chi connectivity index (χ0n) is 11.6. The molecule has 20 heavy (non-hydrogen) atoms. The second-order valence-electron chi connectivity index (χ2n) is 4.46. The third-order valence-corrected chi connectivity index (χ3v) is 5.06. The van der Waals surface area contributed by atoms with E-state index in [0.29, 0.717) is 6.42 Å². The van der Waals surface area contributed by atoms with E-state index < -0.39 is 22.0 Å². The molecule has 0 aliphatic heterocycles. The summed E-state index contributed by atoms with van der Waals surface area (Å²) in [4.78, 5) is 11.8. The largest absolute Gasteiger partial charge is 0.468 e. The molecule has 1 N–H and O–H groups in total. The number of esters is 1. The van der Waals surface area contributed by atoms with Gasteiger partial charge in [-0.3, -0.25) is 4.79 Å². The smallest absolute Gasteiger partial charge is 0.324 e. The zero-order chi connectivity index (χ0) is 15.3. The predicted octanol–water partition coefficient (Wildman–Crippen LogP) is 2.32. The van der Waals surface area contributed by atoms with Gasteiger partial charge in [-0.15, -0.1) is 0 Å². The summed E-state index contributed by atoms with van der Waals surface area (Å²) in [5.41, 5.74) is 0. The van der Waals surface area contributed by atoms with Crippen LogP contribution < -0.4 is 4.72 Å². The maximum Gasteiger partial charge on any atom is 0.324 e. The Morgan fingerprint density at radius 2 is 1.90 bits per heavy atom. The maximum absolute atomic E-state index is 12.3. The summed E-state index contributed by atoms with van der Waals surface area (Å²) in [5, 5.41) is 0. The number of benzene rings is 1. The Morgan fingerprint density at radius 3 is 2.35 bits per heavy atom. The van der Waals surface area contributed by atoms with Crippen molar-refractivity contribution >= 4 is 31.9 Å². The fraction of sp³-hybridized carbons (Fsp3) is 0.462. The fourth-order valence-corrected chi connectivity index (χ4v) is 3.17. The van der Waals surface area contributed by atoms with Gasteiger partial charge >= 0.3 is 5.97 Å². The number of rotatable bonds is 6. The highest BCUT2D eigenvalue weighted by Crippen LogP contribution is 2.17.